The molecule has 3 aromatic rings. The van der Waals surface area contributed by atoms with Crippen LogP contribution in [0.3, 0.4) is 0 Å². The molecular formula is C56H79N7O15. The van der Waals surface area contributed by atoms with Crippen LogP contribution in [-0.4, -0.2) is 165 Å². The number of pyridine rings is 2. The highest BCUT2D eigenvalue weighted by Crippen LogP contribution is 2.42. The van der Waals surface area contributed by atoms with Crippen molar-refractivity contribution in [2.45, 2.75) is 142 Å². The van der Waals surface area contributed by atoms with Crippen LogP contribution in [0.25, 0.3) is 22.3 Å². The van der Waals surface area contributed by atoms with E-state index in [1.165, 1.54) is 4.90 Å². The summed E-state index contributed by atoms with van der Waals surface area (Å²) in [4.78, 5) is 118. The first kappa shape index (κ1) is 60.7. The summed E-state index contributed by atoms with van der Waals surface area (Å²) in [5, 5.41) is 9.03. The molecule has 3 aliphatic rings. The second kappa shape index (κ2) is 27.9. The van der Waals surface area contributed by atoms with Crippen molar-refractivity contribution in [2.75, 3.05) is 80.0 Å². The number of carbonyl (C=O) groups is 7. The van der Waals surface area contributed by atoms with Crippen LogP contribution < -0.4 is 21.5 Å². The van der Waals surface area contributed by atoms with Crippen molar-refractivity contribution in [3.05, 3.63) is 62.9 Å². The van der Waals surface area contributed by atoms with Crippen molar-refractivity contribution in [1.29, 1.82) is 0 Å². The van der Waals surface area contributed by atoms with E-state index in [2.05, 4.69) is 16.0 Å². The number of para-hydroxylation sites is 1. The van der Waals surface area contributed by atoms with Gasteiger partial charge in [0, 0.05) is 36.0 Å². The first-order valence-electron chi connectivity index (χ1n) is 27.2. The van der Waals surface area contributed by atoms with Crippen LogP contribution >= 0.6 is 0 Å². The molecule has 22 nitrogen and oxygen atoms in total. The maximum absolute atomic E-state index is 14.5. The molecule has 6 rings (SSSR count). The number of rotatable bonds is 28. The number of amides is 4. The molecule has 3 aliphatic heterocycles. The number of benzene rings is 1. The van der Waals surface area contributed by atoms with Gasteiger partial charge in [0.05, 0.1) is 81.7 Å². The molecule has 0 unspecified atom stereocenters. The van der Waals surface area contributed by atoms with E-state index in [-0.39, 0.29) is 103 Å². The second-order valence-corrected chi connectivity index (χ2v) is 21.3. The van der Waals surface area contributed by atoms with E-state index in [1.54, 1.807) is 52.2 Å². The molecule has 5 heterocycles. The number of unbranched alkanes of at least 4 members (excludes halogenated alkanes) is 1. The third kappa shape index (κ3) is 15.4. The highest BCUT2D eigenvalue weighted by atomic mass is 16.6. The lowest BCUT2D eigenvalue weighted by atomic mass is 9.85. The Morgan fingerprint density at radius 2 is 1.62 bits per heavy atom. The Labute approximate surface area is 455 Å². The number of fused-ring (bicyclic) bond motifs is 5. The normalized spacial score (nSPS) is 17.4. The van der Waals surface area contributed by atoms with Crippen molar-refractivity contribution < 1.29 is 66.7 Å². The number of cyclic esters (lactones) is 1. The molecule has 4 atom stereocenters. The van der Waals surface area contributed by atoms with E-state index in [1.807, 2.05) is 50.2 Å². The average molecular weight is 1090 g/mol. The molecule has 4 amide bonds. The van der Waals surface area contributed by atoms with E-state index in [9.17, 15) is 38.4 Å². The number of carbonyl (C=O) groups excluding carboxylic acids is 7. The molecule has 78 heavy (non-hydrogen) atoms. The summed E-state index contributed by atoms with van der Waals surface area (Å²) in [6, 6.07) is 5.63. The Hall–Kier alpha value is -6.49. The topological polar surface area (TPSA) is 262 Å². The number of nitrogens with zero attached hydrogens (tertiary/aromatic N) is 4. The summed E-state index contributed by atoms with van der Waals surface area (Å²) in [5.41, 5.74) is 1.12. The number of hydrogen-bond donors (Lipinski definition) is 3. The zero-order chi connectivity index (χ0) is 56.7. The van der Waals surface area contributed by atoms with E-state index in [0.29, 0.717) is 30.7 Å². The predicted molar refractivity (Wildman–Crippen MR) is 286 cm³/mol. The predicted octanol–water partition coefficient (Wildman–Crippen LogP) is 4.05. The van der Waals surface area contributed by atoms with Gasteiger partial charge in [-0.15, -0.1) is 0 Å². The van der Waals surface area contributed by atoms with Crippen LogP contribution in [0, 0.1) is 5.92 Å². The van der Waals surface area contributed by atoms with E-state index < -0.39 is 88.9 Å². The summed E-state index contributed by atoms with van der Waals surface area (Å²) in [6.07, 6.45) is 1.37. The molecule has 0 spiro atoms. The minimum atomic E-state index is -2.05. The summed E-state index contributed by atoms with van der Waals surface area (Å²) >= 11 is 0. The molecule has 0 radical (unpaired) electrons. The van der Waals surface area contributed by atoms with Gasteiger partial charge in [-0.25, -0.2) is 19.4 Å². The second-order valence-electron chi connectivity index (χ2n) is 21.3. The molecule has 0 saturated carbocycles. The van der Waals surface area contributed by atoms with Crippen molar-refractivity contribution in [3.63, 3.8) is 0 Å². The fourth-order valence-electron chi connectivity index (χ4n) is 9.81. The molecule has 2 aromatic heterocycles. The van der Waals surface area contributed by atoms with Crippen LogP contribution in [0.2, 0.25) is 0 Å². The highest BCUT2D eigenvalue weighted by Gasteiger charge is 2.52. The zero-order valence-electron chi connectivity index (χ0n) is 46.8. The number of hydrogen-bond acceptors (Lipinski definition) is 17. The first-order valence-corrected chi connectivity index (χ1v) is 27.2. The van der Waals surface area contributed by atoms with Crippen LogP contribution in [0.4, 0.5) is 4.79 Å². The van der Waals surface area contributed by atoms with Gasteiger partial charge in [0.25, 0.3) is 5.56 Å². The van der Waals surface area contributed by atoms with Gasteiger partial charge in [0.15, 0.2) is 0 Å². The van der Waals surface area contributed by atoms with Crippen LogP contribution in [-0.2, 0) is 87.1 Å². The van der Waals surface area contributed by atoms with Gasteiger partial charge in [0.2, 0.25) is 23.3 Å². The van der Waals surface area contributed by atoms with E-state index in [4.69, 9.17) is 38.1 Å². The number of aryl methyl sites for hydroxylation is 1. The minimum absolute atomic E-state index is 0.0229. The highest BCUT2D eigenvalue weighted by molar-refractivity contribution is 5.96. The third-order valence-electron chi connectivity index (χ3n) is 13.8. The SMILES string of the molecule is CCc1c2c(nc3ccccc13)-c1cc3c(c(=O)n1C2)COC(=O)[C@@]3(CC)OC(=O)[C@@H](NC(=O)[C@@H]1CCCN1C(=O)[C@H](CC(=O)OCCCCN(C)C)NC(=O)CCOCCOCCOCCNC(=O)OC(C)(C)C)C(C)C. The largest absolute Gasteiger partial charge is 0.466 e. The van der Waals surface area contributed by atoms with Crippen molar-refractivity contribution in [1.82, 2.24) is 35.3 Å². The summed E-state index contributed by atoms with van der Waals surface area (Å²) < 4.78 is 40.6. The minimum Gasteiger partial charge on any atom is -0.466 e. The third-order valence-corrected chi connectivity index (χ3v) is 13.8. The van der Waals surface area contributed by atoms with Crippen molar-refractivity contribution in [3.8, 4) is 11.4 Å². The van der Waals surface area contributed by atoms with E-state index >= 15 is 0 Å². The number of aromatic nitrogens is 2. The van der Waals surface area contributed by atoms with Gasteiger partial charge in [-0.2, -0.15) is 0 Å². The average Bonchev–Trinajstić information content (AvgIpc) is 4.21. The van der Waals surface area contributed by atoms with Gasteiger partial charge in [-0.1, -0.05) is 45.9 Å². The van der Waals surface area contributed by atoms with Crippen LogP contribution in [0.15, 0.2) is 35.1 Å². The van der Waals surface area contributed by atoms with Gasteiger partial charge in [-0.3, -0.25) is 24.0 Å². The van der Waals surface area contributed by atoms with Gasteiger partial charge >= 0.3 is 24.0 Å². The lowest BCUT2D eigenvalue weighted by Crippen LogP contribution is -2.57. The Kier molecular flexibility index (Phi) is 21.7. The molecule has 1 saturated heterocycles. The maximum Gasteiger partial charge on any atom is 0.407 e. The fourth-order valence-corrected chi connectivity index (χ4v) is 9.81. The lowest BCUT2D eigenvalue weighted by molar-refractivity contribution is -0.191. The Balaban J connectivity index is 1.08. The number of likely N-dealkylation sites (tertiary alicyclic amines) is 1. The molecule has 1 fully saturated rings. The molecule has 22 heteroatoms. The number of alkyl carbamates (subject to hydrolysis) is 1. The molecule has 3 N–H and O–H groups in total. The van der Waals surface area contributed by atoms with Crippen LogP contribution in [0.1, 0.15) is 116 Å². The lowest BCUT2D eigenvalue weighted by Gasteiger charge is -2.37. The summed E-state index contributed by atoms with van der Waals surface area (Å²) in [6.45, 7) is 14.8. The van der Waals surface area contributed by atoms with Gasteiger partial charge in [0.1, 0.15) is 30.3 Å². The first-order chi connectivity index (χ1) is 37.2. The monoisotopic (exact) mass is 1090 g/mol. The summed E-state index contributed by atoms with van der Waals surface area (Å²) in [7, 11) is 3.87. The Morgan fingerprint density at radius 1 is 0.910 bits per heavy atom. The summed E-state index contributed by atoms with van der Waals surface area (Å²) in [5.74, 6) is -5.07. The molecule has 0 aliphatic carbocycles. The molecule has 428 valence electrons. The maximum atomic E-state index is 14.5. The molecular weight excluding hydrogens is 1010 g/mol. The number of nitrogens with one attached hydrogen (secondary N) is 3. The zero-order valence-corrected chi connectivity index (χ0v) is 46.8. The van der Waals surface area contributed by atoms with Gasteiger partial charge < -0.3 is 63.5 Å². The Morgan fingerprint density at radius 3 is 2.29 bits per heavy atom. The molecule has 0 bridgehead atoms. The molecule has 1 aromatic carbocycles. The fraction of sp³-hybridized carbons (Fsp3) is 0.625. The van der Waals surface area contributed by atoms with E-state index in [0.717, 1.165) is 35.0 Å². The Bertz CT molecular complexity index is 2700. The number of esters is 3. The standard InChI is InChI=1S/C56H79N7O15/c1-10-36-37-17-12-13-18-41(37)59-48-38(36)33-63-44(48)31-40-39(50(63)67)34-76-53(70)56(40,11-2)77-52(69)47(35(3)4)60-49(66)43-19-16-23-62(43)51(68)42(32-46(65)75-24-15-14-22-61(8)9)58-45(64)20-25-72-27-29-74-30-28-73-26-21-57-54(71)78-55(5,6)7/h12-13,17-18,31,35,42-43,47H,10-11,14-16,19-30,32-34H2,1-9H3,(H,57,71)(H,58,64)(H,60,66)/t42-,43-,47-,56-/m0/s1. The smallest absolute Gasteiger partial charge is 0.407 e. The quantitative estimate of drug-likeness (QED) is 0.0412. The van der Waals surface area contributed by atoms with Crippen molar-refractivity contribution in [2.24, 2.45) is 5.92 Å². The van der Waals surface area contributed by atoms with Crippen molar-refractivity contribution >= 4 is 52.6 Å². The van der Waals surface area contributed by atoms with Gasteiger partial charge in [-0.05, 0) is 104 Å². The van der Waals surface area contributed by atoms with Crippen LogP contribution in [0.5, 0.6) is 0 Å². The number of ether oxygens (including phenoxy) is 7.